The van der Waals surface area contributed by atoms with E-state index in [2.05, 4.69) is 25.7 Å². The van der Waals surface area contributed by atoms with Gasteiger partial charge in [-0.1, -0.05) is 13.8 Å². The van der Waals surface area contributed by atoms with Crippen molar-refractivity contribution in [3.8, 4) is 0 Å². The van der Waals surface area contributed by atoms with Gasteiger partial charge in [-0.05, 0) is 49.9 Å². The first-order valence-electron chi connectivity index (χ1n) is 6.77. The summed E-state index contributed by atoms with van der Waals surface area (Å²) in [5.74, 6) is 2.06. The lowest BCUT2D eigenvalue weighted by Crippen LogP contribution is -2.66. The number of carbonyl (C=O) groups excluding carboxylic acids is 1. The first-order valence-corrected chi connectivity index (χ1v) is 6.77. The van der Waals surface area contributed by atoms with E-state index in [1.165, 1.54) is 19.3 Å². The Morgan fingerprint density at radius 3 is 2.56 bits per heavy atom. The summed E-state index contributed by atoms with van der Waals surface area (Å²) in [5, 5.41) is 0. The lowest BCUT2D eigenvalue weighted by molar-refractivity contribution is -0.173. The van der Waals surface area contributed by atoms with E-state index in [-0.39, 0.29) is 5.54 Å². The Balaban J connectivity index is 1.90. The third-order valence-electron chi connectivity index (χ3n) is 5.91. The molecule has 4 aliphatic rings. The van der Waals surface area contributed by atoms with E-state index < -0.39 is 0 Å². The van der Waals surface area contributed by atoms with Crippen LogP contribution in [-0.2, 0) is 4.79 Å². The number of rotatable bonds is 1. The molecule has 3 saturated carbocycles. The number of fused-ring (bicyclic) bond motifs is 2. The van der Waals surface area contributed by atoms with Crippen LogP contribution in [-0.4, -0.2) is 22.9 Å². The number of amides is 1. The molecule has 2 heteroatoms. The molecule has 0 spiro atoms. The van der Waals surface area contributed by atoms with E-state index in [0.29, 0.717) is 11.3 Å². The fourth-order valence-corrected chi connectivity index (χ4v) is 4.71. The second kappa shape index (κ2) is 3.02. The summed E-state index contributed by atoms with van der Waals surface area (Å²) < 4.78 is 0. The maximum absolute atomic E-state index is 12.0. The van der Waals surface area contributed by atoms with Gasteiger partial charge < -0.3 is 4.90 Å². The fraction of sp³-hybridized carbons (Fsp3) is 0.929. The molecule has 4 fully saturated rings. The van der Waals surface area contributed by atoms with Crippen LogP contribution in [0.1, 0.15) is 52.9 Å². The number of hydrogen-bond acceptors (Lipinski definition) is 1. The first-order chi connectivity index (χ1) is 7.46. The van der Waals surface area contributed by atoms with Gasteiger partial charge in [0.15, 0.2) is 0 Å². The molecule has 0 aromatic carbocycles. The smallest absolute Gasteiger partial charge is 0.223 e. The van der Waals surface area contributed by atoms with E-state index in [1.807, 2.05) is 0 Å². The summed E-state index contributed by atoms with van der Waals surface area (Å²) in [6, 6.07) is 0. The molecule has 90 valence electrons. The molecule has 4 rings (SSSR count). The third kappa shape index (κ3) is 1.11. The standard InChI is InChI=1S/C14H23NO/c1-13(2)10-6-7-14(3,11(13)9-10)15-8-4-5-12(15)16/h10-11H,4-9H2,1-3H3. The van der Waals surface area contributed by atoms with Gasteiger partial charge in [0.25, 0.3) is 0 Å². The fourth-order valence-electron chi connectivity index (χ4n) is 4.71. The lowest BCUT2D eigenvalue weighted by atomic mass is 9.43. The zero-order chi connectivity index (χ0) is 11.6. The summed E-state index contributed by atoms with van der Waals surface area (Å²) in [7, 11) is 0. The Morgan fingerprint density at radius 2 is 2.06 bits per heavy atom. The molecule has 1 amide bonds. The Morgan fingerprint density at radius 1 is 1.31 bits per heavy atom. The van der Waals surface area contributed by atoms with Crippen LogP contribution >= 0.6 is 0 Å². The second-order valence-corrected chi connectivity index (χ2v) is 6.85. The minimum atomic E-state index is 0.172. The Bertz CT molecular complexity index is 334. The monoisotopic (exact) mass is 221 g/mol. The highest BCUT2D eigenvalue weighted by molar-refractivity contribution is 5.79. The van der Waals surface area contributed by atoms with Crippen LogP contribution in [0.15, 0.2) is 0 Å². The summed E-state index contributed by atoms with van der Waals surface area (Å²) >= 11 is 0. The maximum atomic E-state index is 12.0. The van der Waals surface area contributed by atoms with Gasteiger partial charge in [0.1, 0.15) is 0 Å². The molecule has 3 atom stereocenters. The molecule has 2 bridgehead atoms. The molecule has 0 N–H and O–H groups in total. The van der Waals surface area contributed by atoms with E-state index >= 15 is 0 Å². The van der Waals surface area contributed by atoms with Crippen molar-refractivity contribution in [1.82, 2.24) is 4.90 Å². The third-order valence-corrected chi connectivity index (χ3v) is 5.91. The molecule has 16 heavy (non-hydrogen) atoms. The summed E-state index contributed by atoms with van der Waals surface area (Å²) in [6.07, 6.45) is 5.77. The van der Waals surface area contributed by atoms with Crippen LogP contribution in [0, 0.1) is 17.3 Å². The van der Waals surface area contributed by atoms with Gasteiger partial charge in [0, 0.05) is 18.5 Å². The van der Waals surface area contributed by atoms with Crippen LogP contribution < -0.4 is 0 Å². The maximum Gasteiger partial charge on any atom is 0.223 e. The largest absolute Gasteiger partial charge is 0.337 e. The van der Waals surface area contributed by atoms with E-state index in [1.54, 1.807) is 0 Å². The van der Waals surface area contributed by atoms with Crippen molar-refractivity contribution in [1.29, 1.82) is 0 Å². The van der Waals surface area contributed by atoms with Crippen LogP contribution in [0.2, 0.25) is 0 Å². The molecular formula is C14H23NO. The molecular weight excluding hydrogens is 198 g/mol. The van der Waals surface area contributed by atoms with Crippen LogP contribution in [0.4, 0.5) is 0 Å². The molecule has 0 aromatic heterocycles. The average Bonchev–Trinajstić information content (AvgIpc) is 2.64. The number of nitrogens with zero attached hydrogens (tertiary/aromatic N) is 1. The molecule has 1 saturated heterocycles. The highest BCUT2D eigenvalue weighted by Gasteiger charge is 2.61. The van der Waals surface area contributed by atoms with Crippen LogP contribution in [0.5, 0.6) is 0 Å². The van der Waals surface area contributed by atoms with Gasteiger partial charge >= 0.3 is 0 Å². The van der Waals surface area contributed by atoms with E-state index in [0.717, 1.165) is 31.2 Å². The SMILES string of the molecule is CC1(C)C2CCC(C)(N3CCCC3=O)C1C2. The van der Waals surface area contributed by atoms with Crippen molar-refractivity contribution in [2.75, 3.05) is 6.54 Å². The normalized spacial score (nSPS) is 45.7. The van der Waals surface area contributed by atoms with Crippen LogP contribution in [0.25, 0.3) is 0 Å². The average molecular weight is 221 g/mol. The van der Waals surface area contributed by atoms with Crippen molar-refractivity contribution in [3.05, 3.63) is 0 Å². The Labute approximate surface area is 98.4 Å². The summed E-state index contributed by atoms with van der Waals surface area (Å²) in [5.41, 5.74) is 0.641. The molecule has 3 unspecified atom stereocenters. The molecule has 2 nitrogen and oxygen atoms in total. The number of hydrogen-bond donors (Lipinski definition) is 0. The van der Waals surface area contributed by atoms with Gasteiger partial charge in [0.2, 0.25) is 5.91 Å². The lowest BCUT2D eigenvalue weighted by Gasteiger charge is -2.66. The van der Waals surface area contributed by atoms with E-state index in [4.69, 9.17) is 0 Å². The quantitative estimate of drug-likeness (QED) is 0.666. The summed E-state index contributed by atoms with van der Waals surface area (Å²) in [4.78, 5) is 14.2. The van der Waals surface area contributed by atoms with Gasteiger partial charge in [0.05, 0.1) is 0 Å². The highest BCUT2D eigenvalue weighted by Crippen LogP contribution is 2.64. The topological polar surface area (TPSA) is 20.3 Å². The van der Waals surface area contributed by atoms with Gasteiger partial charge in [-0.15, -0.1) is 0 Å². The van der Waals surface area contributed by atoms with Crippen molar-refractivity contribution in [2.45, 2.75) is 58.4 Å². The second-order valence-electron chi connectivity index (χ2n) is 6.85. The molecule has 1 aliphatic heterocycles. The molecule has 0 aromatic rings. The Kier molecular flexibility index (Phi) is 2.01. The van der Waals surface area contributed by atoms with Crippen molar-refractivity contribution >= 4 is 5.91 Å². The highest BCUT2D eigenvalue weighted by atomic mass is 16.2. The van der Waals surface area contributed by atoms with Crippen molar-refractivity contribution in [2.24, 2.45) is 17.3 Å². The summed E-state index contributed by atoms with van der Waals surface area (Å²) in [6.45, 7) is 8.16. The van der Waals surface area contributed by atoms with Gasteiger partial charge in [-0.2, -0.15) is 0 Å². The molecule has 1 heterocycles. The molecule has 3 aliphatic carbocycles. The van der Waals surface area contributed by atoms with Gasteiger partial charge in [-0.3, -0.25) is 4.79 Å². The predicted molar refractivity (Wildman–Crippen MR) is 64.0 cm³/mol. The first kappa shape index (κ1) is 10.6. The zero-order valence-electron chi connectivity index (χ0n) is 10.8. The van der Waals surface area contributed by atoms with Crippen LogP contribution in [0.3, 0.4) is 0 Å². The van der Waals surface area contributed by atoms with E-state index in [9.17, 15) is 4.79 Å². The number of likely N-dealkylation sites (tertiary alicyclic amines) is 1. The Hall–Kier alpha value is -0.530. The minimum Gasteiger partial charge on any atom is -0.337 e. The van der Waals surface area contributed by atoms with Gasteiger partial charge in [-0.25, -0.2) is 0 Å². The predicted octanol–water partition coefficient (Wildman–Crippen LogP) is 2.82. The van der Waals surface area contributed by atoms with Crippen molar-refractivity contribution in [3.63, 3.8) is 0 Å². The number of carbonyl (C=O) groups is 1. The molecule has 0 radical (unpaired) electrons. The minimum absolute atomic E-state index is 0.172. The van der Waals surface area contributed by atoms with Crippen molar-refractivity contribution < 1.29 is 4.79 Å². The zero-order valence-corrected chi connectivity index (χ0v) is 10.8.